The molecular weight excluding hydrogens is 400 g/mol. The Morgan fingerprint density at radius 2 is 2.06 bits per heavy atom. The van der Waals surface area contributed by atoms with Crippen molar-refractivity contribution in [2.75, 3.05) is 18.9 Å². The minimum Gasteiger partial charge on any atom is -0.492 e. The Labute approximate surface area is 177 Å². The number of pyridine rings is 1. The maximum atomic E-state index is 13.4. The van der Waals surface area contributed by atoms with E-state index in [2.05, 4.69) is 15.4 Å². The summed E-state index contributed by atoms with van der Waals surface area (Å²) in [6.45, 7) is 1.68. The van der Waals surface area contributed by atoms with Crippen molar-refractivity contribution in [1.29, 1.82) is 0 Å². The Hall–Kier alpha value is -3.40. The molecule has 4 N–H and O–H groups in total. The number of hydrogen-bond donors (Lipinski definition) is 3. The second-order valence-electron chi connectivity index (χ2n) is 8.15. The normalized spacial score (nSPS) is 17.2. The van der Waals surface area contributed by atoms with Crippen molar-refractivity contribution in [2.45, 2.75) is 38.3 Å². The number of anilines is 1. The van der Waals surface area contributed by atoms with E-state index in [9.17, 15) is 14.7 Å². The smallest absolute Gasteiger partial charge is 0.270 e. The van der Waals surface area contributed by atoms with Gasteiger partial charge in [0.25, 0.3) is 11.5 Å². The van der Waals surface area contributed by atoms with E-state index in [0.717, 1.165) is 25.7 Å². The summed E-state index contributed by atoms with van der Waals surface area (Å²) < 4.78 is 8.20. The van der Waals surface area contributed by atoms with Crippen LogP contribution in [0.5, 0.6) is 5.88 Å². The molecule has 2 fully saturated rings. The van der Waals surface area contributed by atoms with Gasteiger partial charge in [-0.3, -0.25) is 14.2 Å². The van der Waals surface area contributed by atoms with Crippen molar-refractivity contribution in [1.82, 2.24) is 24.5 Å². The van der Waals surface area contributed by atoms with Crippen LogP contribution in [0.15, 0.2) is 29.2 Å². The number of amides is 1. The molecule has 4 heterocycles. The van der Waals surface area contributed by atoms with Crippen LogP contribution in [0, 0.1) is 5.92 Å². The van der Waals surface area contributed by atoms with Gasteiger partial charge in [0.05, 0.1) is 5.69 Å². The molecule has 0 bridgehead atoms. The Balaban J connectivity index is 1.67. The highest BCUT2D eigenvalue weighted by Crippen LogP contribution is 2.28. The van der Waals surface area contributed by atoms with E-state index in [4.69, 9.17) is 10.5 Å². The molecule has 10 nitrogen and oxygen atoms in total. The molecule has 1 saturated carbocycles. The zero-order valence-corrected chi connectivity index (χ0v) is 17.0. The molecule has 162 valence electrons. The van der Waals surface area contributed by atoms with Gasteiger partial charge >= 0.3 is 0 Å². The van der Waals surface area contributed by atoms with Gasteiger partial charge in [-0.25, -0.2) is 4.98 Å². The van der Waals surface area contributed by atoms with E-state index < -0.39 is 17.3 Å². The summed E-state index contributed by atoms with van der Waals surface area (Å²) in [5, 5.41) is 18.1. The number of carbonyl (C=O) groups excluding carboxylic acids is 1. The average Bonchev–Trinajstić information content (AvgIpc) is 3.46. The number of aromatic hydroxyl groups is 1. The molecule has 0 radical (unpaired) electrons. The van der Waals surface area contributed by atoms with E-state index in [0.29, 0.717) is 36.7 Å². The van der Waals surface area contributed by atoms with Crippen LogP contribution in [0.3, 0.4) is 0 Å². The van der Waals surface area contributed by atoms with Gasteiger partial charge in [0.2, 0.25) is 5.88 Å². The lowest BCUT2D eigenvalue weighted by atomic mass is 10.0. The van der Waals surface area contributed by atoms with Crippen molar-refractivity contribution in [3.8, 4) is 17.1 Å². The number of fused-ring (bicyclic) bond motifs is 1. The van der Waals surface area contributed by atoms with Crippen molar-refractivity contribution in [2.24, 2.45) is 5.92 Å². The lowest BCUT2D eigenvalue weighted by Gasteiger charge is -2.23. The fourth-order valence-corrected chi connectivity index (χ4v) is 3.97. The predicted octanol–water partition coefficient (Wildman–Crippen LogP) is 1.16. The van der Waals surface area contributed by atoms with Crippen molar-refractivity contribution >= 4 is 17.4 Å². The largest absolute Gasteiger partial charge is 0.492 e. The third-order valence-electron chi connectivity index (χ3n) is 5.89. The first-order valence-electron chi connectivity index (χ1n) is 10.5. The van der Waals surface area contributed by atoms with Crippen LogP contribution in [0.4, 0.5) is 5.82 Å². The van der Waals surface area contributed by atoms with Gasteiger partial charge in [-0.15, -0.1) is 0 Å². The zero-order valence-electron chi connectivity index (χ0n) is 17.0. The van der Waals surface area contributed by atoms with E-state index in [-0.39, 0.29) is 23.3 Å². The Morgan fingerprint density at radius 1 is 1.29 bits per heavy atom. The van der Waals surface area contributed by atoms with Crippen LogP contribution < -0.4 is 16.6 Å². The molecule has 1 aliphatic carbocycles. The standard InChI is InChI=1S/C21H24N6O4/c22-18-14(2-1-7-23-18)15-10-16-26(11-12-5-8-31-9-6-12)20(29)17(21(30)27(16)25-15)19(28)24-13-3-4-13/h1-2,7,10,12-13,30H,3-6,8-9,11H2,(H2,22,23)(H,24,28). The van der Waals surface area contributed by atoms with E-state index >= 15 is 0 Å². The lowest BCUT2D eigenvalue weighted by Crippen LogP contribution is -2.37. The zero-order chi connectivity index (χ0) is 21.5. The van der Waals surface area contributed by atoms with Crippen LogP contribution in [-0.2, 0) is 11.3 Å². The van der Waals surface area contributed by atoms with Gasteiger partial charge in [-0.05, 0) is 43.7 Å². The molecule has 31 heavy (non-hydrogen) atoms. The van der Waals surface area contributed by atoms with Gasteiger partial charge in [0.15, 0.2) is 5.56 Å². The molecule has 0 unspecified atom stereocenters. The Morgan fingerprint density at radius 3 is 2.77 bits per heavy atom. The van der Waals surface area contributed by atoms with E-state index in [1.807, 2.05) is 0 Å². The third kappa shape index (κ3) is 3.63. The fourth-order valence-electron chi connectivity index (χ4n) is 3.97. The van der Waals surface area contributed by atoms with Gasteiger partial charge in [0, 0.05) is 43.6 Å². The number of ether oxygens (including phenoxy) is 1. The van der Waals surface area contributed by atoms with Gasteiger partial charge in [0.1, 0.15) is 11.5 Å². The van der Waals surface area contributed by atoms with Crippen LogP contribution in [0.25, 0.3) is 16.9 Å². The van der Waals surface area contributed by atoms with Gasteiger partial charge < -0.3 is 20.9 Å². The first-order valence-corrected chi connectivity index (χ1v) is 10.5. The summed E-state index contributed by atoms with van der Waals surface area (Å²) in [7, 11) is 0. The van der Waals surface area contributed by atoms with Crippen LogP contribution in [-0.4, -0.2) is 49.4 Å². The lowest BCUT2D eigenvalue weighted by molar-refractivity contribution is 0.0611. The number of nitrogens with zero attached hydrogens (tertiary/aromatic N) is 4. The monoisotopic (exact) mass is 424 g/mol. The molecule has 3 aromatic heterocycles. The van der Waals surface area contributed by atoms with Crippen molar-refractivity contribution in [3.63, 3.8) is 0 Å². The number of hydrogen-bond acceptors (Lipinski definition) is 7. The second kappa shape index (κ2) is 7.69. The highest BCUT2D eigenvalue weighted by atomic mass is 16.5. The Bertz CT molecular complexity index is 1210. The van der Waals surface area contributed by atoms with Gasteiger partial charge in [-0.1, -0.05) is 0 Å². The van der Waals surface area contributed by atoms with E-state index in [1.165, 1.54) is 9.08 Å². The summed E-state index contributed by atoms with van der Waals surface area (Å²) in [5.74, 6) is -0.544. The summed E-state index contributed by atoms with van der Waals surface area (Å²) in [6.07, 6.45) is 4.96. The molecule has 2 aliphatic rings. The average molecular weight is 424 g/mol. The topological polar surface area (TPSA) is 137 Å². The number of nitrogen functional groups attached to an aromatic ring is 1. The molecule has 0 aromatic carbocycles. The number of rotatable bonds is 5. The first-order chi connectivity index (χ1) is 15.0. The first kappa shape index (κ1) is 19.6. The number of aromatic nitrogens is 4. The molecule has 1 aliphatic heterocycles. The number of nitrogens with one attached hydrogen (secondary N) is 1. The molecule has 1 amide bonds. The predicted molar refractivity (Wildman–Crippen MR) is 113 cm³/mol. The molecule has 3 aromatic rings. The number of carbonyl (C=O) groups is 1. The third-order valence-corrected chi connectivity index (χ3v) is 5.89. The summed E-state index contributed by atoms with van der Waals surface area (Å²) >= 11 is 0. The molecule has 5 rings (SSSR count). The summed E-state index contributed by atoms with van der Waals surface area (Å²) in [5.41, 5.74) is 6.62. The molecule has 10 heteroatoms. The molecule has 1 saturated heterocycles. The highest BCUT2D eigenvalue weighted by Gasteiger charge is 2.30. The highest BCUT2D eigenvalue weighted by molar-refractivity contribution is 5.96. The quantitative estimate of drug-likeness (QED) is 0.559. The summed E-state index contributed by atoms with van der Waals surface area (Å²) in [6, 6.07) is 5.24. The fraction of sp³-hybridized carbons (Fsp3) is 0.429. The van der Waals surface area contributed by atoms with E-state index in [1.54, 1.807) is 24.4 Å². The van der Waals surface area contributed by atoms with Crippen LogP contribution in [0.1, 0.15) is 36.0 Å². The maximum Gasteiger partial charge on any atom is 0.270 e. The van der Waals surface area contributed by atoms with Crippen molar-refractivity contribution < 1.29 is 14.6 Å². The minimum absolute atomic E-state index is 0.0503. The second-order valence-corrected chi connectivity index (χ2v) is 8.15. The number of nitrogens with two attached hydrogens (primary N) is 1. The SMILES string of the molecule is Nc1ncccc1-c1cc2n(CC3CCOCC3)c(=O)c(C(=O)NC3CC3)c(O)n2n1. The van der Waals surface area contributed by atoms with Crippen LogP contribution >= 0.6 is 0 Å². The van der Waals surface area contributed by atoms with Gasteiger partial charge in [-0.2, -0.15) is 9.61 Å². The van der Waals surface area contributed by atoms with Crippen LogP contribution in [0.2, 0.25) is 0 Å². The molecular formula is C21H24N6O4. The Kier molecular flexibility index (Phi) is 4.85. The molecule has 0 atom stereocenters. The van der Waals surface area contributed by atoms with Crippen molar-refractivity contribution in [3.05, 3.63) is 40.3 Å². The minimum atomic E-state index is -0.578. The maximum absolute atomic E-state index is 13.4. The molecule has 0 spiro atoms. The summed E-state index contributed by atoms with van der Waals surface area (Å²) in [4.78, 5) is 30.2.